The lowest BCUT2D eigenvalue weighted by atomic mass is 9.66. The standard InChI is InChI=1S/C44H27N3O/c1-2-13-28(14-3-1)42-32-17-6-10-22-38(32)46-43(47-42)33-18-12-26-45-41(33)29-24-25-40-37(27-29)44(36-21-9-11-23-39(36)48-40)34-19-7-4-15-30(34)31-16-5-8-20-35(31)44/h1-27H. The molecule has 1 aliphatic carbocycles. The molecule has 0 bridgehead atoms. The molecular formula is C44H27N3O. The normalized spacial score (nSPS) is 13.3. The summed E-state index contributed by atoms with van der Waals surface area (Å²) >= 11 is 0. The van der Waals surface area contributed by atoms with Gasteiger partial charge in [0.1, 0.15) is 11.5 Å². The van der Waals surface area contributed by atoms with Crippen molar-refractivity contribution in [2.75, 3.05) is 0 Å². The summed E-state index contributed by atoms with van der Waals surface area (Å²) in [5, 5.41) is 1.02. The molecule has 3 heterocycles. The number of para-hydroxylation sites is 2. The van der Waals surface area contributed by atoms with E-state index < -0.39 is 5.41 Å². The number of fused-ring (bicyclic) bond motifs is 10. The van der Waals surface area contributed by atoms with Gasteiger partial charge in [-0.2, -0.15) is 0 Å². The molecule has 224 valence electrons. The van der Waals surface area contributed by atoms with Gasteiger partial charge in [-0.15, -0.1) is 0 Å². The SMILES string of the molecule is c1ccc(-c2nc(-c3cccnc3-c3ccc4c(c3)C3(c5ccccc5O4)c4ccccc4-c4ccccc43)nc3ccccc23)cc1. The van der Waals surface area contributed by atoms with E-state index in [1.807, 2.05) is 48.7 Å². The molecule has 8 aromatic rings. The highest BCUT2D eigenvalue weighted by molar-refractivity contribution is 5.95. The quantitative estimate of drug-likeness (QED) is 0.199. The molecule has 0 radical (unpaired) electrons. The molecule has 0 N–H and O–H groups in total. The minimum Gasteiger partial charge on any atom is -0.457 e. The van der Waals surface area contributed by atoms with Crippen LogP contribution >= 0.6 is 0 Å². The summed E-state index contributed by atoms with van der Waals surface area (Å²) in [5.41, 5.74) is 12.2. The van der Waals surface area contributed by atoms with Crippen LogP contribution in [-0.2, 0) is 5.41 Å². The van der Waals surface area contributed by atoms with Crippen LogP contribution in [0.3, 0.4) is 0 Å². The second-order valence-corrected chi connectivity index (χ2v) is 12.3. The van der Waals surface area contributed by atoms with Crippen LogP contribution in [0.2, 0.25) is 0 Å². The van der Waals surface area contributed by atoms with Crippen LogP contribution in [0.5, 0.6) is 11.5 Å². The van der Waals surface area contributed by atoms with Gasteiger partial charge in [0, 0.05) is 39.4 Å². The van der Waals surface area contributed by atoms with Crippen molar-refractivity contribution in [1.29, 1.82) is 0 Å². The lowest BCUT2D eigenvalue weighted by Crippen LogP contribution is -2.32. The van der Waals surface area contributed by atoms with Gasteiger partial charge in [0.2, 0.25) is 0 Å². The number of pyridine rings is 1. The Labute approximate surface area is 278 Å². The van der Waals surface area contributed by atoms with Gasteiger partial charge >= 0.3 is 0 Å². The van der Waals surface area contributed by atoms with Gasteiger partial charge in [-0.25, -0.2) is 9.97 Å². The zero-order valence-electron chi connectivity index (χ0n) is 25.8. The van der Waals surface area contributed by atoms with E-state index in [-0.39, 0.29) is 0 Å². The maximum Gasteiger partial charge on any atom is 0.162 e. The van der Waals surface area contributed by atoms with Crippen molar-refractivity contribution in [2.45, 2.75) is 5.41 Å². The van der Waals surface area contributed by atoms with E-state index in [9.17, 15) is 0 Å². The second-order valence-electron chi connectivity index (χ2n) is 12.3. The van der Waals surface area contributed by atoms with Gasteiger partial charge in [0.05, 0.1) is 22.3 Å². The van der Waals surface area contributed by atoms with E-state index >= 15 is 0 Å². The summed E-state index contributed by atoms with van der Waals surface area (Å²) in [7, 11) is 0. The molecule has 6 aromatic carbocycles. The van der Waals surface area contributed by atoms with E-state index in [1.54, 1.807) is 0 Å². The molecule has 0 unspecified atom stereocenters. The van der Waals surface area contributed by atoms with Crippen LogP contribution in [0.1, 0.15) is 22.3 Å². The largest absolute Gasteiger partial charge is 0.457 e. The Bertz CT molecular complexity index is 2510. The van der Waals surface area contributed by atoms with Gasteiger partial charge < -0.3 is 4.74 Å². The van der Waals surface area contributed by atoms with Crippen molar-refractivity contribution in [3.8, 4) is 56.5 Å². The second kappa shape index (κ2) is 10.3. The van der Waals surface area contributed by atoms with Gasteiger partial charge in [-0.05, 0) is 64.7 Å². The molecule has 0 saturated carbocycles. The van der Waals surface area contributed by atoms with Gasteiger partial charge in [0.15, 0.2) is 5.82 Å². The number of hydrogen-bond acceptors (Lipinski definition) is 4. The summed E-state index contributed by atoms with van der Waals surface area (Å²) in [5.74, 6) is 2.36. The first-order valence-electron chi connectivity index (χ1n) is 16.2. The Morgan fingerprint density at radius 1 is 0.438 bits per heavy atom. The Morgan fingerprint density at radius 2 is 1.08 bits per heavy atom. The van der Waals surface area contributed by atoms with Crippen LogP contribution in [0, 0.1) is 0 Å². The highest BCUT2D eigenvalue weighted by Crippen LogP contribution is 2.62. The molecule has 0 fully saturated rings. The molecule has 0 amide bonds. The van der Waals surface area contributed by atoms with E-state index in [1.165, 1.54) is 22.3 Å². The minimum atomic E-state index is -0.553. The molecular weight excluding hydrogens is 587 g/mol. The first kappa shape index (κ1) is 26.8. The van der Waals surface area contributed by atoms with Crippen LogP contribution in [0.15, 0.2) is 164 Å². The Balaban J connectivity index is 1.23. The Hall–Kier alpha value is -6.39. The lowest BCUT2D eigenvalue weighted by molar-refractivity contribution is 0.436. The number of rotatable bonds is 3. The highest BCUT2D eigenvalue weighted by atomic mass is 16.5. The van der Waals surface area contributed by atoms with Crippen LogP contribution < -0.4 is 4.74 Å². The van der Waals surface area contributed by atoms with Gasteiger partial charge in [-0.1, -0.05) is 115 Å². The Morgan fingerprint density at radius 3 is 1.90 bits per heavy atom. The van der Waals surface area contributed by atoms with Crippen molar-refractivity contribution in [3.05, 3.63) is 186 Å². The molecule has 2 aliphatic rings. The molecule has 1 aliphatic heterocycles. The predicted octanol–water partition coefficient (Wildman–Crippen LogP) is 10.5. The first-order chi connectivity index (χ1) is 23.8. The lowest BCUT2D eigenvalue weighted by Gasteiger charge is -2.39. The summed E-state index contributed by atoms with van der Waals surface area (Å²) in [6.07, 6.45) is 1.85. The third kappa shape index (κ3) is 3.74. The summed E-state index contributed by atoms with van der Waals surface area (Å²) < 4.78 is 6.67. The zero-order chi connectivity index (χ0) is 31.7. The summed E-state index contributed by atoms with van der Waals surface area (Å²) in [6, 6.07) is 55.0. The molecule has 10 rings (SSSR count). The smallest absolute Gasteiger partial charge is 0.162 e. The molecule has 2 aromatic heterocycles. The summed E-state index contributed by atoms with van der Waals surface area (Å²) in [4.78, 5) is 15.3. The number of hydrogen-bond donors (Lipinski definition) is 0. The molecule has 0 atom stereocenters. The average molecular weight is 614 g/mol. The fraction of sp³-hybridized carbons (Fsp3) is 0.0227. The fourth-order valence-electron chi connectivity index (χ4n) is 7.83. The highest BCUT2D eigenvalue weighted by Gasteiger charge is 2.51. The molecule has 1 spiro atoms. The Kier molecular flexibility index (Phi) is 5.75. The van der Waals surface area contributed by atoms with Crippen molar-refractivity contribution < 1.29 is 4.74 Å². The fourth-order valence-corrected chi connectivity index (χ4v) is 7.83. The van der Waals surface area contributed by atoms with E-state index in [4.69, 9.17) is 19.7 Å². The maximum atomic E-state index is 6.67. The minimum absolute atomic E-state index is 0.553. The molecule has 48 heavy (non-hydrogen) atoms. The van der Waals surface area contributed by atoms with E-state index in [0.717, 1.165) is 61.6 Å². The molecule has 4 heteroatoms. The van der Waals surface area contributed by atoms with Crippen LogP contribution in [0.25, 0.3) is 55.9 Å². The van der Waals surface area contributed by atoms with Gasteiger partial charge in [0.25, 0.3) is 0 Å². The summed E-state index contributed by atoms with van der Waals surface area (Å²) in [6.45, 7) is 0. The van der Waals surface area contributed by atoms with E-state index in [0.29, 0.717) is 5.82 Å². The number of nitrogens with zero attached hydrogens (tertiary/aromatic N) is 3. The topological polar surface area (TPSA) is 47.9 Å². The van der Waals surface area contributed by atoms with Crippen LogP contribution in [0.4, 0.5) is 0 Å². The monoisotopic (exact) mass is 613 g/mol. The van der Waals surface area contributed by atoms with Crippen molar-refractivity contribution in [3.63, 3.8) is 0 Å². The number of ether oxygens (including phenoxy) is 1. The molecule has 4 nitrogen and oxygen atoms in total. The van der Waals surface area contributed by atoms with Gasteiger partial charge in [-0.3, -0.25) is 4.98 Å². The predicted molar refractivity (Wildman–Crippen MR) is 191 cm³/mol. The van der Waals surface area contributed by atoms with E-state index in [2.05, 4.69) is 115 Å². The third-order valence-corrected chi connectivity index (χ3v) is 9.82. The number of aromatic nitrogens is 3. The van der Waals surface area contributed by atoms with Crippen molar-refractivity contribution >= 4 is 10.9 Å². The third-order valence-electron chi connectivity index (χ3n) is 9.82. The van der Waals surface area contributed by atoms with Crippen molar-refractivity contribution in [2.24, 2.45) is 0 Å². The maximum absolute atomic E-state index is 6.67. The zero-order valence-corrected chi connectivity index (χ0v) is 25.8. The first-order valence-corrected chi connectivity index (χ1v) is 16.2. The van der Waals surface area contributed by atoms with Crippen LogP contribution in [-0.4, -0.2) is 15.0 Å². The molecule has 0 saturated heterocycles. The number of benzene rings is 6. The van der Waals surface area contributed by atoms with Crippen molar-refractivity contribution in [1.82, 2.24) is 15.0 Å². The average Bonchev–Trinajstić information content (AvgIpc) is 3.45.